The third-order valence-corrected chi connectivity index (χ3v) is 5.61. The summed E-state index contributed by atoms with van der Waals surface area (Å²) in [6, 6.07) is 1.46. The normalized spacial score (nSPS) is 18.8. The highest BCUT2D eigenvalue weighted by molar-refractivity contribution is 7.88. The number of aliphatic hydroxyl groups is 1. The standard InChI is InChI=1S/C13H20F3N5O4S/c1-17-12(18-8-11(22)13(14,15)16)20-3-5-21(6-4-20)26(23,24)9-10-2-7-25-19-10/h2,7,11,22H,3-6,8-9H2,1H3,(H,17,18). The second kappa shape index (κ2) is 8.22. The van der Waals surface area contributed by atoms with E-state index in [0.29, 0.717) is 5.69 Å². The Bertz CT molecular complexity index is 700. The van der Waals surface area contributed by atoms with Crippen LogP contribution in [-0.2, 0) is 15.8 Å². The minimum Gasteiger partial charge on any atom is -0.382 e. The molecule has 26 heavy (non-hydrogen) atoms. The first-order valence-corrected chi connectivity index (χ1v) is 9.32. The molecule has 2 heterocycles. The van der Waals surface area contributed by atoms with E-state index in [1.807, 2.05) is 0 Å². The van der Waals surface area contributed by atoms with Gasteiger partial charge in [-0.15, -0.1) is 0 Å². The zero-order valence-corrected chi connectivity index (χ0v) is 14.8. The largest absolute Gasteiger partial charge is 0.416 e. The molecule has 1 aliphatic heterocycles. The van der Waals surface area contributed by atoms with E-state index in [9.17, 15) is 21.6 Å². The minimum absolute atomic E-state index is 0.155. The maximum Gasteiger partial charge on any atom is 0.416 e. The van der Waals surface area contributed by atoms with Gasteiger partial charge in [0, 0.05) is 39.3 Å². The van der Waals surface area contributed by atoms with Crippen LogP contribution in [0, 0.1) is 0 Å². The van der Waals surface area contributed by atoms with Crippen LogP contribution >= 0.6 is 0 Å². The number of aliphatic hydroxyl groups excluding tert-OH is 1. The maximum absolute atomic E-state index is 12.4. The lowest BCUT2D eigenvalue weighted by Gasteiger charge is -2.36. The lowest BCUT2D eigenvalue weighted by molar-refractivity contribution is -0.201. The Labute approximate surface area is 148 Å². The van der Waals surface area contributed by atoms with Crippen LogP contribution in [-0.4, -0.2) is 85.9 Å². The predicted molar refractivity (Wildman–Crippen MR) is 85.7 cm³/mol. The summed E-state index contributed by atoms with van der Waals surface area (Å²) in [6.07, 6.45) is -5.95. The smallest absolute Gasteiger partial charge is 0.382 e. The van der Waals surface area contributed by atoms with Crippen LogP contribution in [0.15, 0.2) is 21.8 Å². The third kappa shape index (κ3) is 5.32. The molecule has 9 nitrogen and oxygen atoms in total. The van der Waals surface area contributed by atoms with Gasteiger partial charge in [0.2, 0.25) is 10.0 Å². The highest BCUT2D eigenvalue weighted by Gasteiger charge is 2.38. The average molecular weight is 399 g/mol. The van der Waals surface area contributed by atoms with Crippen LogP contribution in [0.4, 0.5) is 13.2 Å². The Morgan fingerprint density at radius 2 is 2.08 bits per heavy atom. The van der Waals surface area contributed by atoms with Crippen molar-refractivity contribution in [1.82, 2.24) is 19.7 Å². The van der Waals surface area contributed by atoms with Gasteiger partial charge in [-0.2, -0.15) is 17.5 Å². The van der Waals surface area contributed by atoms with Gasteiger partial charge in [0.05, 0.1) is 12.2 Å². The Balaban J connectivity index is 1.88. The van der Waals surface area contributed by atoms with E-state index < -0.39 is 28.8 Å². The van der Waals surface area contributed by atoms with E-state index in [4.69, 9.17) is 5.11 Å². The number of aromatic nitrogens is 1. The topological polar surface area (TPSA) is 111 Å². The second-order valence-electron chi connectivity index (χ2n) is 5.62. The maximum atomic E-state index is 12.4. The van der Waals surface area contributed by atoms with E-state index in [1.54, 1.807) is 4.90 Å². The number of piperazine rings is 1. The molecule has 1 aromatic heterocycles. The Hall–Kier alpha value is -1.86. The van der Waals surface area contributed by atoms with Gasteiger partial charge in [-0.25, -0.2) is 8.42 Å². The molecule has 1 aromatic rings. The molecule has 13 heteroatoms. The van der Waals surface area contributed by atoms with E-state index in [2.05, 4.69) is 20.0 Å². The number of rotatable bonds is 5. The zero-order valence-electron chi connectivity index (χ0n) is 14.0. The van der Waals surface area contributed by atoms with Gasteiger partial charge in [0.1, 0.15) is 12.0 Å². The summed E-state index contributed by atoms with van der Waals surface area (Å²) < 4.78 is 67.7. The van der Waals surface area contributed by atoms with E-state index in [1.165, 1.54) is 23.7 Å². The first-order chi connectivity index (χ1) is 12.1. The molecule has 0 saturated carbocycles. The monoisotopic (exact) mass is 399 g/mol. The molecule has 2 N–H and O–H groups in total. The minimum atomic E-state index is -4.72. The summed E-state index contributed by atoms with van der Waals surface area (Å²) in [5.41, 5.74) is 0.297. The number of guanidine groups is 1. The van der Waals surface area contributed by atoms with Crippen LogP contribution in [0.1, 0.15) is 5.69 Å². The van der Waals surface area contributed by atoms with E-state index >= 15 is 0 Å². The predicted octanol–water partition coefficient (Wildman–Crippen LogP) is -0.379. The van der Waals surface area contributed by atoms with Crippen molar-refractivity contribution in [3.05, 3.63) is 18.0 Å². The Kier molecular flexibility index (Phi) is 6.47. The molecule has 1 saturated heterocycles. The van der Waals surface area contributed by atoms with Gasteiger partial charge in [-0.1, -0.05) is 5.16 Å². The van der Waals surface area contributed by atoms with Crippen molar-refractivity contribution < 1.29 is 31.2 Å². The number of nitrogens with one attached hydrogen (secondary N) is 1. The van der Waals surface area contributed by atoms with Crippen molar-refractivity contribution in [3.63, 3.8) is 0 Å². The van der Waals surface area contributed by atoms with Gasteiger partial charge in [-0.05, 0) is 0 Å². The van der Waals surface area contributed by atoms with Gasteiger partial charge < -0.3 is 19.8 Å². The number of sulfonamides is 1. The molecule has 0 aliphatic carbocycles. The van der Waals surface area contributed by atoms with Crippen molar-refractivity contribution >= 4 is 16.0 Å². The van der Waals surface area contributed by atoms with Crippen molar-refractivity contribution in [2.75, 3.05) is 39.8 Å². The molecule has 0 amide bonds. The lowest BCUT2D eigenvalue weighted by Crippen LogP contribution is -2.55. The van der Waals surface area contributed by atoms with Crippen molar-refractivity contribution in [2.45, 2.75) is 18.0 Å². The third-order valence-electron chi connectivity index (χ3n) is 3.80. The number of hydrogen-bond acceptors (Lipinski definition) is 6. The van der Waals surface area contributed by atoms with Crippen LogP contribution in [0.2, 0.25) is 0 Å². The van der Waals surface area contributed by atoms with Crippen molar-refractivity contribution in [3.8, 4) is 0 Å². The van der Waals surface area contributed by atoms with E-state index in [-0.39, 0.29) is 37.9 Å². The Morgan fingerprint density at radius 3 is 2.58 bits per heavy atom. The second-order valence-corrected chi connectivity index (χ2v) is 7.59. The van der Waals surface area contributed by atoms with Crippen LogP contribution < -0.4 is 5.32 Å². The molecule has 0 spiro atoms. The number of aliphatic imine (C=N–C) groups is 1. The first kappa shape index (κ1) is 20.5. The molecule has 0 bridgehead atoms. The van der Waals surface area contributed by atoms with Crippen LogP contribution in [0.3, 0.4) is 0 Å². The quantitative estimate of drug-likeness (QED) is 0.513. The van der Waals surface area contributed by atoms with Gasteiger partial charge in [-0.3, -0.25) is 4.99 Å². The highest BCUT2D eigenvalue weighted by atomic mass is 32.2. The van der Waals surface area contributed by atoms with Gasteiger partial charge >= 0.3 is 6.18 Å². The van der Waals surface area contributed by atoms with Gasteiger partial charge in [0.25, 0.3) is 0 Å². The average Bonchev–Trinajstić information content (AvgIpc) is 3.07. The van der Waals surface area contributed by atoms with Crippen molar-refractivity contribution in [1.29, 1.82) is 0 Å². The SMILES string of the molecule is CN=C(NCC(O)C(F)(F)F)N1CCN(S(=O)(=O)Cc2ccon2)CC1. The molecule has 0 aromatic carbocycles. The van der Waals surface area contributed by atoms with Crippen LogP contribution in [0.5, 0.6) is 0 Å². The lowest BCUT2D eigenvalue weighted by atomic mass is 10.3. The number of hydrogen-bond donors (Lipinski definition) is 2. The number of alkyl halides is 3. The summed E-state index contributed by atoms with van der Waals surface area (Å²) >= 11 is 0. The summed E-state index contributed by atoms with van der Waals surface area (Å²) in [6.45, 7) is 0.0753. The molecule has 0 radical (unpaired) electrons. The van der Waals surface area contributed by atoms with Crippen LogP contribution in [0.25, 0.3) is 0 Å². The van der Waals surface area contributed by atoms with Gasteiger partial charge in [0.15, 0.2) is 12.1 Å². The summed E-state index contributed by atoms with van der Waals surface area (Å²) in [5, 5.41) is 15.1. The fraction of sp³-hybridized carbons (Fsp3) is 0.692. The summed E-state index contributed by atoms with van der Waals surface area (Å²) in [5.74, 6) is -0.115. The molecule has 1 unspecified atom stereocenters. The first-order valence-electron chi connectivity index (χ1n) is 7.71. The van der Waals surface area contributed by atoms with E-state index in [0.717, 1.165) is 0 Å². The van der Waals surface area contributed by atoms with Crippen molar-refractivity contribution in [2.24, 2.45) is 4.99 Å². The fourth-order valence-electron chi connectivity index (χ4n) is 2.40. The molecule has 2 rings (SSSR count). The summed E-state index contributed by atoms with van der Waals surface area (Å²) in [4.78, 5) is 5.51. The Morgan fingerprint density at radius 1 is 1.42 bits per heavy atom. The molecular weight excluding hydrogens is 379 g/mol. The number of halogens is 3. The summed E-state index contributed by atoms with van der Waals surface area (Å²) in [7, 11) is -2.17. The molecular formula is C13H20F3N5O4S. The molecule has 148 valence electrons. The number of nitrogens with zero attached hydrogens (tertiary/aromatic N) is 4. The molecule has 1 atom stereocenters. The fourth-order valence-corrected chi connectivity index (χ4v) is 3.83. The highest BCUT2D eigenvalue weighted by Crippen LogP contribution is 2.19. The zero-order chi connectivity index (χ0) is 19.4. The molecule has 1 fully saturated rings. The molecule has 1 aliphatic rings.